The average molecular weight is 494 g/mol. The lowest BCUT2D eigenvalue weighted by Crippen LogP contribution is -2.41. The number of carbonyl (C=O) groups is 3. The highest BCUT2D eigenvalue weighted by atomic mass is 16.3. The van der Waals surface area contributed by atoms with Gasteiger partial charge in [-0.1, -0.05) is 18.6 Å². The molecule has 9 heteroatoms. The number of furan rings is 1. The number of benzene rings is 1. The van der Waals surface area contributed by atoms with Gasteiger partial charge in [0.15, 0.2) is 5.76 Å². The number of aliphatic imine (C=N–C) groups is 1. The van der Waals surface area contributed by atoms with Crippen LogP contribution in [0.3, 0.4) is 0 Å². The molecule has 0 radical (unpaired) electrons. The normalized spacial score (nSPS) is 15.6. The van der Waals surface area contributed by atoms with Gasteiger partial charge in [-0.25, -0.2) is 4.99 Å². The van der Waals surface area contributed by atoms with Crippen LogP contribution in [-0.2, 0) is 9.59 Å². The fourth-order valence-electron chi connectivity index (χ4n) is 3.89. The summed E-state index contributed by atoms with van der Waals surface area (Å²) in [6, 6.07) is 10.7. The van der Waals surface area contributed by atoms with Crippen molar-refractivity contribution in [2.24, 2.45) is 10.7 Å². The topological polar surface area (TPSA) is 121 Å². The van der Waals surface area contributed by atoms with Crippen molar-refractivity contribution in [1.82, 2.24) is 15.1 Å². The third-order valence-corrected chi connectivity index (χ3v) is 5.69. The van der Waals surface area contributed by atoms with E-state index in [0.29, 0.717) is 18.7 Å². The summed E-state index contributed by atoms with van der Waals surface area (Å²) in [5.74, 6) is 0.0890. The Hall–Kier alpha value is -4.06. The molecule has 4 rings (SSSR count). The van der Waals surface area contributed by atoms with Gasteiger partial charge in [0.1, 0.15) is 0 Å². The predicted octanol–water partition coefficient (Wildman–Crippen LogP) is 3.23. The number of nitrogens with one attached hydrogen (secondary N) is 1. The number of carbonyl (C=O) groups excluding carboxylic acids is 3. The van der Waals surface area contributed by atoms with Gasteiger partial charge in [0.05, 0.1) is 18.5 Å². The first-order valence-electron chi connectivity index (χ1n) is 12.1. The molecule has 1 aromatic carbocycles. The molecule has 2 fully saturated rings. The molecule has 3 N–H and O–H groups in total. The Labute approximate surface area is 212 Å². The van der Waals surface area contributed by atoms with E-state index in [-0.39, 0.29) is 23.5 Å². The summed E-state index contributed by atoms with van der Waals surface area (Å²) in [7, 11) is 0. The molecule has 2 saturated heterocycles. The summed E-state index contributed by atoms with van der Waals surface area (Å²) in [6.07, 6.45) is 15.4. The molecule has 0 atom stereocenters. The number of likely N-dealkylation sites (tertiary alicyclic amines) is 2. The molecule has 2 aliphatic rings. The highest BCUT2D eigenvalue weighted by Gasteiger charge is 2.23. The van der Waals surface area contributed by atoms with Crippen molar-refractivity contribution >= 4 is 29.4 Å². The number of hydrogen-bond acceptors (Lipinski definition) is 5. The molecule has 0 spiro atoms. The molecule has 3 amide bonds. The standard InChI is InChI=1S/C13H13N3O2.C12H20N2O2.C2H2/c1-9-4-2-5-10(8-9)15-13(14)16-12(17)11-6-3-7-18-11;15-11-6-2-1-3-9-14(11)10-12(16)13-7-4-5-8-13;1-2/h2-8H,1H3,(H3,14,15,16,17);1-10H2;1-2H. The van der Waals surface area contributed by atoms with Crippen molar-refractivity contribution in [3.05, 3.63) is 54.0 Å². The average Bonchev–Trinajstić information content (AvgIpc) is 3.56. The minimum Gasteiger partial charge on any atom is -0.459 e. The second-order valence-electron chi connectivity index (χ2n) is 8.48. The second-order valence-corrected chi connectivity index (χ2v) is 8.48. The molecule has 3 heterocycles. The first kappa shape index (κ1) is 28.2. The molecular weight excluding hydrogens is 458 g/mol. The van der Waals surface area contributed by atoms with Crippen molar-refractivity contribution in [3.63, 3.8) is 0 Å². The Morgan fingerprint density at radius 3 is 2.44 bits per heavy atom. The Morgan fingerprint density at radius 2 is 1.78 bits per heavy atom. The quantitative estimate of drug-likeness (QED) is 0.385. The Balaban J connectivity index is 0.000000239. The number of guanidine groups is 1. The molecule has 0 unspecified atom stereocenters. The van der Waals surface area contributed by atoms with Gasteiger partial charge < -0.3 is 20.0 Å². The fraction of sp³-hybridized carbons (Fsp3) is 0.407. The highest BCUT2D eigenvalue weighted by Crippen LogP contribution is 2.14. The molecule has 2 aliphatic heterocycles. The lowest BCUT2D eigenvalue weighted by Gasteiger charge is -2.23. The molecule has 192 valence electrons. The molecule has 0 saturated carbocycles. The summed E-state index contributed by atoms with van der Waals surface area (Å²) in [5, 5.41) is 2.45. The Kier molecular flexibility index (Phi) is 11.8. The van der Waals surface area contributed by atoms with E-state index in [9.17, 15) is 14.4 Å². The van der Waals surface area contributed by atoms with E-state index < -0.39 is 5.91 Å². The first-order valence-corrected chi connectivity index (χ1v) is 12.1. The number of aryl methyl sites for hydroxylation is 1. The summed E-state index contributed by atoms with van der Waals surface area (Å²) < 4.78 is 4.94. The Bertz CT molecular complexity index is 1040. The second kappa shape index (κ2) is 15.0. The van der Waals surface area contributed by atoms with Crippen molar-refractivity contribution in [2.75, 3.05) is 26.2 Å². The van der Waals surface area contributed by atoms with E-state index in [1.165, 1.54) is 6.26 Å². The van der Waals surface area contributed by atoms with Gasteiger partial charge in [0.25, 0.3) is 5.91 Å². The highest BCUT2D eigenvalue weighted by molar-refractivity contribution is 6.04. The van der Waals surface area contributed by atoms with E-state index >= 15 is 0 Å². The van der Waals surface area contributed by atoms with Crippen LogP contribution in [0.5, 0.6) is 0 Å². The van der Waals surface area contributed by atoms with Crippen LogP contribution in [0.15, 0.2) is 52.1 Å². The maximum atomic E-state index is 11.9. The summed E-state index contributed by atoms with van der Waals surface area (Å²) in [5.41, 5.74) is 7.40. The number of hydrogen-bond donors (Lipinski definition) is 2. The third-order valence-electron chi connectivity index (χ3n) is 5.69. The maximum absolute atomic E-state index is 11.9. The van der Waals surface area contributed by atoms with Gasteiger partial charge in [0, 0.05) is 26.1 Å². The molecule has 1 aromatic heterocycles. The number of rotatable bonds is 4. The number of nitrogens with zero attached hydrogens (tertiary/aromatic N) is 3. The zero-order valence-corrected chi connectivity index (χ0v) is 20.8. The predicted molar refractivity (Wildman–Crippen MR) is 139 cm³/mol. The van der Waals surface area contributed by atoms with Gasteiger partial charge in [-0.15, -0.1) is 12.8 Å². The van der Waals surface area contributed by atoms with Crippen LogP contribution < -0.4 is 11.1 Å². The van der Waals surface area contributed by atoms with Crippen LogP contribution >= 0.6 is 0 Å². The number of amides is 3. The first-order chi connectivity index (χ1) is 17.4. The van der Waals surface area contributed by atoms with Gasteiger partial charge in [-0.05, 0) is 62.4 Å². The van der Waals surface area contributed by atoms with Crippen molar-refractivity contribution in [2.45, 2.75) is 45.4 Å². The summed E-state index contributed by atoms with van der Waals surface area (Å²) in [4.78, 5) is 43.0. The third kappa shape index (κ3) is 9.29. The van der Waals surface area contributed by atoms with Gasteiger partial charge >= 0.3 is 0 Å². The van der Waals surface area contributed by atoms with Crippen LogP contribution in [0.2, 0.25) is 0 Å². The SMILES string of the molecule is C#C.Cc1cccc(N=C(N)NC(=O)c2ccco2)c1.O=C(CN1CCCCCC1=O)N1CCCC1. The van der Waals surface area contributed by atoms with Crippen LogP contribution in [0, 0.1) is 19.8 Å². The van der Waals surface area contributed by atoms with E-state index in [2.05, 4.69) is 23.2 Å². The molecule has 0 bridgehead atoms. The zero-order valence-electron chi connectivity index (χ0n) is 20.8. The van der Waals surface area contributed by atoms with E-state index in [1.54, 1.807) is 23.1 Å². The summed E-state index contributed by atoms with van der Waals surface area (Å²) >= 11 is 0. The Morgan fingerprint density at radius 1 is 1.06 bits per heavy atom. The fourth-order valence-corrected chi connectivity index (χ4v) is 3.89. The van der Waals surface area contributed by atoms with Gasteiger partial charge in [-0.3, -0.25) is 19.7 Å². The maximum Gasteiger partial charge on any atom is 0.293 e. The van der Waals surface area contributed by atoms with E-state index in [1.807, 2.05) is 30.0 Å². The molecular formula is C27H35N5O4. The van der Waals surface area contributed by atoms with Gasteiger partial charge in [0.2, 0.25) is 17.8 Å². The van der Waals surface area contributed by atoms with Crippen LogP contribution in [0.25, 0.3) is 0 Å². The number of terminal acetylenes is 1. The summed E-state index contributed by atoms with van der Waals surface area (Å²) in [6.45, 7) is 4.77. The van der Waals surface area contributed by atoms with Gasteiger partial charge in [-0.2, -0.15) is 0 Å². The smallest absolute Gasteiger partial charge is 0.293 e. The van der Waals surface area contributed by atoms with Crippen LogP contribution in [0.4, 0.5) is 5.69 Å². The molecule has 36 heavy (non-hydrogen) atoms. The van der Waals surface area contributed by atoms with E-state index in [0.717, 1.165) is 57.3 Å². The molecule has 0 aliphatic carbocycles. The molecule has 2 aromatic rings. The lowest BCUT2D eigenvalue weighted by molar-refractivity contribution is -0.139. The van der Waals surface area contributed by atoms with Crippen molar-refractivity contribution < 1.29 is 18.8 Å². The van der Waals surface area contributed by atoms with Crippen LogP contribution in [-0.4, -0.2) is 59.7 Å². The van der Waals surface area contributed by atoms with Crippen molar-refractivity contribution in [1.29, 1.82) is 0 Å². The minimum atomic E-state index is -0.422. The van der Waals surface area contributed by atoms with Crippen LogP contribution in [0.1, 0.15) is 54.6 Å². The zero-order chi connectivity index (χ0) is 26.3. The monoisotopic (exact) mass is 493 g/mol. The van der Waals surface area contributed by atoms with Crippen molar-refractivity contribution in [3.8, 4) is 12.8 Å². The minimum absolute atomic E-state index is 0.0296. The molecule has 9 nitrogen and oxygen atoms in total. The largest absolute Gasteiger partial charge is 0.459 e. The van der Waals surface area contributed by atoms with E-state index in [4.69, 9.17) is 10.2 Å². The number of nitrogens with two attached hydrogens (primary N) is 1. The lowest BCUT2D eigenvalue weighted by atomic mass is 10.2.